The molecule has 0 saturated carbocycles. The fourth-order valence-corrected chi connectivity index (χ4v) is 2.24. The molecule has 1 fully saturated rings. The second kappa shape index (κ2) is 3.78. The lowest BCUT2D eigenvalue weighted by Crippen LogP contribution is -2.42. The predicted molar refractivity (Wildman–Crippen MR) is 52.1 cm³/mol. The molecule has 0 amide bonds. The zero-order valence-electron chi connectivity index (χ0n) is 9.00. The number of hydrogen-bond acceptors (Lipinski definition) is 1. The lowest BCUT2D eigenvalue weighted by atomic mass is 9.76. The summed E-state index contributed by atoms with van der Waals surface area (Å²) in [6, 6.07) is 0. The number of ether oxygens (including phenoxy) is 1. The van der Waals surface area contributed by atoms with E-state index >= 15 is 0 Å². The molecule has 5 atom stereocenters. The zero-order valence-corrected chi connectivity index (χ0v) is 9.00. The Hall–Kier alpha value is -0.0400. The summed E-state index contributed by atoms with van der Waals surface area (Å²) in [5.41, 5.74) is 0. The molecule has 1 nitrogen and oxygen atoms in total. The Kier molecular flexibility index (Phi) is 3.16. The highest BCUT2D eigenvalue weighted by Crippen LogP contribution is 2.35. The summed E-state index contributed by atoms with van der Waals surface area (Å²) in [4.78, 5) is 0. The average Bonchev–Trinajstić information content (AvgIpc) is 2.08. The van der Waals surface area contributed by atoms with E-state index in [1.807, 2.05) is 0 Å². The van der Waals surface area contributed by atoms with Crippen LogP contribution >= 0.6 is 0 Å². The maximum atomic E-state index is 5.93. The van der Waals surface area contributed by atoms with Gasteiger partial charge in [0.15, 0.2) is 0 Å². The van der Waals surface area contributed by atoms with Crippen molar-refractivity contribution in [2.75, 3.05) is 0 Å². The molecular formula is C11H22O. The van der Waals surface area contributed by atoms with Crippen LogP contribution in [0.4, 0.5) is 0 Å². The van der Waals surface area contributed by atoms with Crippen molar-refractivity contribution in [2.45, 2.75) is 53.2 Å². The number of hydrogen-bond donors (Lipinski definition) is 0. The molecular weight excluding hydrogens is 148 g/mol. The Morgan fingerprint density at radius 2 is 1.50 bits per heavy atom. The summed E-state index contributed by atoms with van der Waals surface area (Å²) in [5, 5.41) is 0. The minimum Gasteiger partial charge on any atom is -0.375 e. The minimum atomic E-state index is 0.446. The first-order chi connectivity index (χ1) is 5.57. The molecule has 0 bridgehead atoms. The van der Waals surface area contributed by atoms with E-state index in [4.69, 9.17) is 4.74 Å². The van der Waals surface area contributed by atoms with Crippen molar-refractivity contribution in [3.63, 3.8) is 0 Å². The van der Waals surface area contributed by atoms with Crippen LogP contribution in [0.5, 0.6) is 0 Å². The van der Waals surface area contributed by atoms with Crippen LogP contribution in [0.3, 0.4) is 0 Å². The normalized spacial score (nSPS) is 49.2. The summed E-state index contributed by atoms with van der Waals surface area (Å²) < 4.78 is 5.93. The molecule has 0 N–H and O–H groups in total. The molecule has 1 heteroatoms. The third-order valence-electron chi connectivity index (χ3n) is 3.78. The molecule has 2 unspecified atom stereocenters. The molecule has 1 rings (SSSR count). The molecule has 1 heterocycles. The maximum absolute atomic E-state index is 5.93. The highest BCUT2D eigenvalue weighted by Gasteiger charge is 2.35. The SMILES string of the molecule is CC[C@H]1O[C@H](C)C(C)C(C)[C@@H]1C. The van der Waals surface area contributed by atoms with Crippen molar-refractivity contribution >= 4 is 0 Å². The second-order valence-electron chi connectivity index (χ2n) is 4.37. The van der Waals surface area contributed by atoms with Crippen LogP contribution in [0.2, 0.25) is 0 Å². The Balaban J connectivity index is 2.63. The van der Waals surface area contributed by atoms with Gasteiger partial charge in [0.2, 0.25) is 0 Å². The topological polar surface area (TPSA) is 9.23 Å². The third kappa shape index (κ3) is 1.66. The van der Waals surface area contributed by atoms with Crippen LogP contribution in [0, 0.1) is 17.8 Å². The van der Waals surface area contributed by atoms with Gasteiger partial charge >= 0.3 is 0 Å². The van der Waals surface area contributed by atoms with Crippen LogP contribution in [0.1, 0.15) is 41.0 Å². The number of rotatable bonds is 1. The van der Waals surface area contributed by atoms with Gasteiger partial charge in [-0.25, -0.2) is 0 Å². The molecule has 72 valence electrons. The van der Waals surface area contributed by atoms with Gasteiger partial charge in [-0.05, 0) is 31.1 Å². The van der Waals surface area contributed by atoms with E-state index in [0.717, 1.165) is 18.3 Å². The molecule has 1 saturated heterocycles. The van der Waals surface area contributed by atoms with Gasteiger partial charge in [-0.15, -0.1) is 0 Å². The lowest BCUT2D eigenvalue weighted by Gasteiger charge is -2.42. The second-order valence-corrected chi connectivity index (χ2v) is 4.37. The van der Waals surface area contributed by atoms with Crippen LogP contribution < -0.4 is 0 Å². The summed E-state index contributed by atoms with van der Waals surface area (Å²) in [5.74, 6) is 2.24. The summed E-state index contributed by atoms with van der Waals surface area (Å²) >= 11 is 0. The third-order valence-corrected chi connectivity index (χ3v) is 3.78. The summed E-state index contributed by atoms with van der Waals surface area (Å²) in [7, 11) is 0. The Morgan fingerprint density at radius 3 is 2.00 bits per heavy atom. The van der Waals surface area contributed by atoms with Gasteiger partial charge < -0.3 is 4.74 Å². The molecule has 0 aromatic carbocycles. The van der Waals surface area contributed by atoms with E-state index in [9.17, 15) is 0 Å². The first kappa shape index (κ1) is 10.0. The van der Waals surface area contributed by atoms with Crippen molar-refractivity contribution < 1.29 is 4.74 Å². The predicted octanol–water partition coefficient (Wildman–Crippen LogP) is 3.09. The summed E-state index contributed by atoms with van der Waals surface area (Å²) in [6.45, 7) is 11.4. The van der Waals surface area contributed by atoms with Crippen molar-refractivity contribution in [1.29, 1.82) is 0 Å². The van der Waals surface area contributed by atoms with Crippen LogP contribution in [-0.4, -0.2) is 12.2 Å². The maximum Gasteiger partial charge on any atom is 0.0604 e. The Morgan fingerprint density at radius 1 is 0.917 bits per heavy atom. The molecule has 0 aromatic heterocycles. The van der Waals surface area contributed by atoms with Gasteiger partial charge in [0.1, 0.15) is 0 Å². The monoisotopic (exact) mass is 170 g/mol. The zero-order chi connectivity index (χ0) is 9.30. The van der Waals surface area contributed by atoms with Gasteiger partial charge in [0.05, 0.1) is 12.2 Å². The van der Waals surface area contributed by atoms with E-state index < -0.39 is 0 Å². The highest BCUT2D eigenvalue weighted by atomic mass is 16.5. The molecule has 1 aliphatic rings. The molecule has 0 spiro atoms. The van der Waals surface area contributed by atoms with E-state index in [-0.39, 0.29) is 0 Å². The quantitative estimate of drug-likeness (QED) is 0.587. The highest BCUT2D eigenvalue weighted by molar-refractivity contribution is 4.83. The van der Waals surface area contributed by atoms with E-state index in [0.29, 0.717) is 18.1 Å². The van der Waals surface area contributed by atoms with Gasteiger partial charge in [0, 0.05) is 0 Å². The largest absolute Gasteiger partial charge is 0.375 e. The van der Waals surface area contributed by atoms with Crippen molar-refractivity contribution in [1.82, 2.24) is 0 Å². The average molecular weight is 170 g/mol. The fourth-order valence-electron chi connectivity index (χ4n) is 2.24. The first-order valence-corrected chi connectivity index (χ1v) is 5.23. The molecule has 0 radical (unpaired) electrons. The van der Waals surface area contributed by atoms with E-state index in [2.05, 4.69) is 34.6 Å². The van der Waals surface area contributed by atoms with Crippen molar-refractivity contribution in [3.05, 3.63) is 0 Å². The van der Waals surface area contributed by atoms with Crippen LogP contribution in [-0.2, 0) is 4.74 Å². The Labute approximate surface area is 76.5 Å². The van der Waals surface area contributed by atoms with Gasteiger partial charge in [-0.1, -0.05) is 27.7 Å². The van der Waals surface area contributed by atoms with Crippen molar-refractivity contribution in [3.8, 4) is 0 Å². The van der Waals surface area contributed by atoms with Crippen LogP contribution in [0.15, 0.2) is 0 Å². The van der Waals surface area contributed by atoms with Gasteiger partial charge in [-0.3, -0.25) is 0 Å². The lowest BCUT2D eigenvalue weighted by molar-refractivity contribution is -0.125. The summed E-state index contributed by atoms with van der Waals surface area (Å²) in [6.07, 6.45) is 2.09. The molecule has 12 heavy (non-hydrogen) atoms. The molecule has 0 aliphatic carbocycles. The van der Waals surface area contributed by atoms with Crippen molar-refractivity contribution in [2.24, 2.45) is 17.8 Å². The van der Waals surface area contributed by atoms with Crippen LogP contribution in [0.25, 0.3) is 0 Å². The van der Waals surface area contributed by atoms with Gasteiger partial charge in [-0.2, -0.15) is 0 Å². The standard InChI is InChI=1S/C11H22O/c1-6-11-9(4)7(2)8(3)10(5)12-11/h7-11H,6H2,1-5H3/t7?,8?,9-,10+,11+/m0/s1. The van der Waals surface area contributed by atoms with Gasteiger partial charge in [0.25, 0.3) is 0 Å². The first-order valence-electron chi connectivity index (χ1n) is 5.23. The minimum absolute atomic E-state index is 0.446. The Bertz CT molecular complexity index is 139. The smallest absolute Gasteiger partial charge is 0.0604 e. The fraction of sp³-hybridized carbons (Fsp3) is 1.00. The molecule has 0 aromatic rings. The van der Waals surface area contributed by atoms with E-state index in [1.165, 1.54) is 0 Å². The van der Waals surface area contributed by atoms with E-state index in [1.54, 1.807) is 0 Å². The molecule has 1 aliphatic heterocycles.